The van der Waals surface area contributed by atoms with Crippen LogP contribution in [0.2, 0.25) is 0 Å². The van der Waals surface area contributed by atoms with E-state index >= 15 is 0 Å². The lowest BCUT2D eigenvalue weighted by Crippen LogP contribution is -1.98. The first-order chi connectivity index (χ1) is 7.39. The van der Waals surface area contributed by atoms with Crippen molar-refractivity contribution in [1.29, 1.82) is 0 Å². The second kappa shape index (κ2) is 3.70. The first kappa shape index (κ1) is 11.3. The van der Waals surface area contributed by atoms with Gasteiger partial charge in [0.25, 0.3) is 0 Å². The van der Waals surface area contributed by atoms with Gasteiger partial charge < -0.3 is 0 Å². The second-order valence-electron chi connectivity index (χ2n) is 4.40. The molecule has 0 N–H and O–H groups in total. The second-order valence-corrected chi connectivity index (χ2v) is 6.42. The number of carbonyl (C=O) groups excluding carboxylic acids is 1. The van der Waals surface area contributed by atoms with Gasteiger partial charge in [0.15, 0.2) is 9.84 Å². The van der Waals surface area contributed by atoms with Gasteiger partial charge in [0, 0.05) is 12.2 Å². The Morgan fingerprint density at radius 1 is 1.25 bits per heavy atom. The van der Waals surface area contributed by atoms with Crippen LogP contribution < -0.4 is 0 Å². The molecule has 1 aliphatic rings. The summed E-state index contributed by atoms with van der Waals surface area (Å²) in [6.07, 6.45) is 2.09. The Labute approximate surface area is 95.4 Å². The molecular formula is C12H14O3S. The Morgan fingerprint density at radius 3 is 2.19 bits per heavy atom. The number of sulfone groups is 1. The van der Waals surface area contributed by atoms with Gasteiger partial charge in [-0.1, -0.05) is 12.1 Å². The molecule has 0 aliphatic heterocycles. The molecule has 0 saturated heterocycles. The third kappa shape index (κ3) is 2.16. The summed E-state index contributed by atoms with van der Waals surface area (Å²) in [6, 6.07) is 6.84. The van der Waals surface area contributed by atoms with Crippen LogP contribution >= 0.6 is 0 Å². The molecule has 0 spiro atoms. The fourth-order valence-electron chi connectivity index (χ4n) is 1.97. The molecule has 0 bridgehead atoms. The average molecular weight is 238 g/mol. The molecule has 1 aromatic carbocycles. The van der Waals surface area contributed by atoms with Crippen LogP contribution in [0.5, 0.6) is 0 Å². The Kier molecular flexibility index (Phi) is 2.62. The van der Waals surface area contributed by atoms with Crippen molar-refractivity contribution in [2.24, 2.45) is 5.92 Å². The van der Waals surface area contributed by atoms with Crippen LogP contribution in [0.1, 0.15) is 24.8 Å². The van der Waals surface area contributed by atoms with Crippen molar-refractivity contribution < 1.29 is 13.2 Å². The van der Waals surface area contributed by atoms with Crippen LogP contribution in [0.15, 0.2) is 29.2 Å². The van der Waals surface area contributed by atoms with E-state index < -0.39 is 9.84 Å². The Balaban J connectivity index is 2.19. The third-order valence-electron chi connectivity index (χ3n) is 3.05. The maximum atomic E-state index is 11.2. The molecule has 3 nitrogen and oxygen atoms in total. The van der Waals surface area contributed by atoms with E-state index in [1.807, 2.05) is 12.1 Å². The maximum Gasteiger partial charge on any atom is 0.175 e. The quantitative estimate of drug-likeness (QED) is 0.806. The predicted octanol–water partition coefficient (Wildman–Crippen LogP) is 1.78. The van der Waals surface area contributed by atoms with Crippen LogP contribution in [0.3, 0.4) is 0 Å². The van der Waals surface area contributed by atoms with Crippen LogP contribution in [0.25, 0.3) is 0 Å². The van der Waals surface area contributed by atoms with Gasteiger partial charge in [-0.15, -0.1) is 0 Å². The van der Waals surface area contributed by atoms with E-state index in [-0.39, 0.29) is 11.7 Å². The molecule has 0 radical (unpaired) electrons. The number of carbonyl (C=O) groups is 1. The lowest BCUT2D eigenvalue weighted by molar-refractivity contribution is -0.118. The zero-order valence-electron chi connectivity index (χ0n) is 9.30. The summed E-state index contributed by atoms with van der Waals surface area (Å²) in [5, 5.41) is 0. The van der Waals surface area contributed by atoms with Gasteiger partial charge in [-0.2, -0.15) is 0 Å². The summed E-state index contributed by atoms with van der Waals surface area (Å²) in [7, 11) is -3.12. The van der Waals surface area contributed by atoms with Gasteiger partial charge >= 0.3 is 0 Å². The molecule has 0 aromatic heterocycles. The highest BCUT2D eigenvalue weighted by molar-refractivity contribution is 7.90. The standard InChI is InChI=1S/C12H14O3S/c1-8(13)11-7-12(11)9-3-5-10(6-4-9)16(2,14)15/h3-6,11-12H,7H2,1-2H3/t11-,12?/m0/s1. The molecule has 4 heteroatoms. The van der Waals surface area contributed by atoms with Gasteiger partial charge in [-0.3, -0.25) is 4.79 Å². The van der Waals surface area contributed by atoms with Gasteiger partial charge in [0.1, 0.15) is 5.78 Å². The highest BCUT2D eigenvalue weighted by Gasteiger charge is 2.41. The largest absolute Gasteiger partial charge is 0.300 e. The third-order valence-corrected chi connectivity index (χ3v) is 4.18. The summed E-state index contributed by atoms with van der Waals surface area (Å²) in [5.41, 5.74) is 1.06. The van der Waals surface area contributed by atoms with Crippen molar-refractivity contribution >= 4 is 15.6 Å². The van der Waals surface area contributed by atoms with E-state index in [0.717, 1.165) is 12.0 Å². The summed E-state index contributed by atoms with van der Waals surface area (Å²) < 4.78 is 22.5. The van der Waals surface area contributed by atoms with E-state index in [1.54, 1.807) is 19.1 Å². The van der Waals surface area contributed by atoms with Crippen molar-refractivity contribution in [3.63, 3.8) is 0 Å². The van der Waals surface area contributed by atoms with Gasteiger partial charge in [-0.05, 0) is 37.0 Å². The van der Waals surface area contributed by atoms with E-state index in [0.29, 0.717) is 10.8 Å². The van der Waals surface area contributed by atoms with Crippen LogP contribution in [-0.2, 0) is 14.6 Å². The highest BCUT2D eigenvalue weighted by atomic mass is 32.2. The number of Topliss-reactive ketones (excluding diaryl/α,β-unsaturated/α-hetero) is 1. The smallest absolute Gasteiger partial charge is 0.175 e. The molecule has 1 fully saturated rings. The molecule has 0 heterocycles. The predicted molar refractivity (Wildman–Crippen MR) is 61.1 cm³/mol. The van der Waals surface area contributed by atoms with E-state index in [9.17, 15) is 13.2 Å². The monoisotopic (exact) mass is 238 g/mol. The lowest BCUT2D eigenvalue weighted by atomic mass is 10.1. The number of benzene rings is 1. The number of hydrogen-bond donors (Lipinski definition) is 0. The van der Waals surface area contributed by atoms with Crippen molar-refractivity contribution in [2.45, 2.75) is 24.2 Å². The first-order valence-electron chi connectivity index (χ1n) is 5.20. The Morgan fingerprint density at radius 2 is 1.81 bits per heavy atom. The van der Waals surface area contributed by atoms with Gasteiger partial charge in [0.05, 0.1) is 4.90 Å². The number of ketones is 1. The van der Waals surface area contributed by atoms with Gasteiger partial charge in [0.2, 0.25) is 0 Å². The molecule has 86 valence electrons. The van der Waals surface area contributed by atoms with Crippen molar-refractivity contribution in [3.8, 4) is 0 Å². The van der Waals surface area contributed by atoms with Crippen LogP contribution in [0, 0.1) is 5.92 Å². The maximum absolute atomic E-state index is 11.2. The summed E-state index contributed by atoms with van der Waals surface area (Å²) in [6.45, 7) is 1.61. The Bertz CT molecular complexity index is 514. The molecule has 1 aliphatic carbocycles. The van der Waals surface area contributed by atoms with Crippen LogP contribution in [0.4, 0.5) is 0 Å². The first-order valence-corrected chi connectivity index (χ1v) is 7.09. The number of rotatable bonds is 3. The zero-order chi connectivity index (χ0) is 11.9. The van der Waals surface area contributed by atoms with E-state index in [4.69, 9.17) is 0 Å². The van der Waals surface area contributed by atoms with Crippen molar-refractivity contribution in [1.82, 2.24) is 0 Å². The molecule has 1 aromatic rings. The minimum atomic E-state index is -3.12. The minimum absolute atomic E-state index is 0.143. The molecule has 16 heavy (non-hydrogen) atoms. The fraction of sp³-hybridized carbons (Fsp3) is 0.417. The average Bonchev–Trinajstić information content (AvgIpc) is 2.96. The van der Waals surface area contributed by atoms with E-state index in [1.165, 1.54) is 6.26 Å². The van der Waals surface area contributed by atoms with Crippen LogP contribution in [-0.4, -0.2) is 20.5 Å². The zero-order valence-corrected chi connectivity index (χ0v) is 10.1. The highest BCUT2D eigenvalue weighted by Crippen LogP contribution is 2.47. The molecule has 2 rings (SSSR count). The molecular weight excluding hydrogens is 224 g/mol. The molecule has 1 saturated carbocycles. The minimum Gasteiger partial charge on any atom is -0.300 e. The number of hydrogen-bond acceptors (Lipinski definition) is 3. The van der Waals surface area contributed by atoms with Crippen molar-refractivity contribution in [2.75, 3.05) is 6.26 Å². The molecule has 0 amide bonds. The Hall–Kier alpha value is -1.16. The summed E-state index contributed by atoms with van der Waals surface area (Å²) >= 11 is 0. The summed E-state index contributed by atoms with van der Waals surface area (Å²) in [4.78, 5) is 11.4. The SMILES string of the molecule is CC(=O)[C@@H]1CC1c1ccc(S(C)(=O)=O)cc1. The van der Waals surface area contributed by atoms with Crippen molar-refractivity contribution in [3.05, 3.63) is 29.8 Å². The normalized spacial score (nSPS) is 24.1. The van der Waals surface area contributed by atoms with E-state index in [2.05, 4.69) is 0 Å². The molecule has 2 atom stereocenters. The lowest BCUT2D eigenvalue weighted by Gasteiger charge is -2.01. The summed E-state index contributed by atoms with van der Waals surface area (Å²) in [5.74, 6) is 0.660. The van der Waals surface area contributed by atoms with Gasteiger partial charge in [-0.25, -0.2) is 8.42 Å². The molecule has 1 unspecified atom stereocenters. The fourth-order valence-corrected chi connectivity index (χ4v) is 2.61. The topological polar surface area (TPSA) is 51.2 Å².